The number of aliphatic hydroxyl groups excluding tert-OH is 1. The molecule has 2 aliphatic rings. The summed E-state index contributed by atoms with van der Waals surface area (Å²) < 4.78 is 44.0. The Morgan fingerprint density at radius 1 is 1.50 bits per heavy atom. The van der Waals surface area contributed by atoms with Crippen molar-refractivity contribution in [1.82, 2.24) is 4.98 Å². The van der Waals surface area contributed by atoms with E-state index in [1.165, 1.54) is 11.3 Å². The third kappa shape index (κ3) is 4.42. The van der Waals surface area contributed by atoms with Crippen LogP contribution in [0, 0.1) is 5.41 Å². The quantitative estimate of drug-likeness (QED) is 0.558. The Bertz CT molecular complexity index is 855. The molecule has 0 radical (unpaired) electrons. The van der Waals surface area contributed by atoms with Gasteiger partial charge in [-0.2, -0.15) is 13.2 Å². The lowest BCUT2D eigenvalue weighted by molar-refractivity contribution is -0.132. The number of ether oxygens (including phenoxy) is 1. The summed E-state index contributed by atoms with van der Waals surface area (Å²) in [6, 6.07) is 0. The molecule has 0 bridgehead atoms. The fraction of sp³-hybridized carbons (Fsp3) is 0.526. The molecule has 9 heteroatoms. The number of nitrogens with zero attached hydrogens (tertiary/aromatic N) is 2. The van der Waals surface area contributed by atoms with E-state index in [2.05, 4.69) is 9.98 Å². The standard InChI is InChI=1S/C19H22F3N3O2S/c1-11(26)12-3-4-13-16-15(6-8-27-18(13,2)9-12)28-17(25-16)14(24-10-23)5-7-19(20,21)22/h3-4,10-11,23,26H,5-9H2,1-2H3. The fourth-order valence-corrected chi connectivity index (χ4v) is 4.52. The Morgan fingerprint density at radius 3 is 2.89 bits per heavy atom. The zero-order chi connectivity index (χ0) is 20.5. The number of hydrogen-bond acceptors (Lipinski definition) is 5. The van der Waals surface area contributed by atoms with Crippen LogP contribution in [0.15, 0.2) is 22.7 Å². The molecule has 1 aliphatic carbocycles. The van der Waals surface area contributed by atoms with Gasteiger partial charge in [-0.15, -0.1) is 11.3 Å². The first kappa shape index (κ1) is 20.9. The Hall–Kier alpha value is -1.84. The number of alkyl halides is 3. The first-order valence-corrected chi connectivity index (χ1v) is 9.80. The van der Waals surface area contributed by atoms with Crippen LogP contribution in [-0.2, 0) is 11.2 Å². The normalized spacial score (nSPS) is 23.9. The van der Waals surface area contributed by atoms with Crippen molar-refractivity contribution in [3.05, 3.63) is 33.3 Å². The van der Waals surface area contributed by atoms with Gasteiger partial charge in [0.05, 0.1) is 29.7 Å². The molecule has 1 aliphatic heterocycles. The zero-order valence-corrected chi connectivity index (χ0v) is 16.5. The Morgan fingerprint density at radius 2 is 2.25 bits per heavy atom. The van der Waals surface area contributed by atoms with Gasteiger partial charge in [0, 0.05) is 36.1 Å². The Balaban J connectivity index is 1.99. The summed E-state index contributed by atoms with van der Waals surface area (Å²) in [4.78, 5) is 9.37. The summed E-state index contributed by atoms with van der Waals surface area (Å²) in [5, 5.41) is 17.5. The van der Waals surface area contributed by atoms with Gasteiger partial charge in [-0.05, 0) is 19.4 Å². The van der Waals surface area contributed by atoms with E-state index < -0.39 is 24.3 Å². The summed E-state index contributed by atoms with van der Waals surface area (Å²) in [7, 11) is 0. The van der Waals surface area contributed by atoms with Crippen molar-refractivity contribution < 1.29 is 23.0 Å². The van der Waals surface area contributed by atoms with Gasteiger partial charge in [0.1, 0.15) is 11.3 Å². The number of hydrogen-bond donors (Lipinski definition) is 2. The number of aliphatic imine (C=N–C) groups is 1. The maximum absolute atomic E-state index is 12.6. The molecule has 3 rings (SSSR count). The van der Waals surface area contributed by atoms with Gasteiger partial charge in [-0.1, -0.05) is 12.2 Å². The van der Waals surface area contributed by atoms with Crippen molar-refractivity contribution in [1.29, 1.82) is 5.41 Å². The highest BCUT2D eigenvalue weighted by Gasteiger charge is 2.39. The van der Waals surface area contributed by atoms with Crippen LogP contribution in [0.1, 0.15) is 48.7 Å². The summed E-state index contributed by atoms with van der Waals surface area (Å²) in [5.41, 5.74) is 1.95. The highest BCUT2D eigenvalue weighted by atomic mass is 32.1. The second-order valence-corrected chi connectivity index (χ2v) is 8.20. The average molecular weight is 413 g/mol. The van der Waals surface area contributed by atoms with E-state index >= 15 is 0 Å². The molecule has 2 N–H and O–H groups in total. The average Bonchev–Trinajstić information content (AvgIpc) is 2.95. The number of halogens is 3. The van der Waals surface area contributed by atoms with E-state index in [0.717, 1.165) is 22.4 Å². The summed E-state index contributed by atoms with van der Waals surface area (Å²) in [6.07, 6.45) is -0.587. The number of rotatable bonds is 5. The minimum absolute atomic E-state index is 0.171. The minimum Gasteiger partial charge on any atom is -0.389 e. The highest BCUT2D eigenvalue weighted by Crippen LogP contribution is 2.44. The molecule has 0 saturated carbocycles. The molecule has 0 saturated heterocycles. The molecule has 0 spiro atoms. The second kappa shape index (κ2) is 7.88. The fourth-order valence-electron chi connectivity index (χ4n) is 3.44. The van der Waals surface area contributed by atoms with Gasteiger partial charge < -0.3 is 9.84 Å². The predicted octanol–water partition coefficient (Wildman–Crippen LogP) is 4.31. The van der Waals surface area contributed by atoms with Crippen molar-refractivity contribution in [2.24, 2.45) is 4.99 Å². The molecule has 2 heterocycles. The van der Waals surface area contributed by atoms with Crippen molar-refractivity contribution in [3.8, 4) is 0 Å². The molecule has 28 heavy (non-hydrogen) atoms. The second-order valence-electron chi connectivity index (χ2n) is 7.11. The number of nitrogens with one attached hydrogen (secondary N) is 1. The van der Waals surface area contributed by atoms with Gasteiger partial charge in [-0.3, -0.25) is 5.41 Å². The number of thiazole rings is 1. The zero-order valence-electron chi connectivity index (χ0n) is 15.6. The Kier molecular flexibility index (Phi) is 5.88. The topological polar surface area (TPSA) is 78.6 Å². The van der Waals surface area contributed by atoms with Crippen LogP contribution in [0.3, 0.4) is 0 Å². The van der Waals surface area contributed by atoms with Crippen molar-refractivity contribution in [2.45, 2.75) is 57.4 Å². The maximum Gasteiger partial charge on any atom is 0.389 e. The molecule has 0 aromatic carbocycles. The molecule has 1 aromatic heterocycles. The molecule has 5 nitrogen and oxygen atoms in total. The minimum atomic E-state index is -4.29. The van der Waals surface area contributed by atoms with Gasteiger partial charge in [-0.25, -0.2) is 9.98 Å². The molecule has 2 unspecified atom stereocenters. The van der Waals surface area contributed by atoms with Crippen molar-refractivity contribution >= 4 is 29.0 Å². The molecule has 1 aromatic rings. The van der Waals surface area contributed by atoms with Gasteiger partial charge >= 0.3 is 6.18 Å². The van der Waals surface area contributed by atoms with E-state index in [4.69, 9.17) is 10.1 Å². The first-order chi connectivity index (χ1) is 13.1. The van der Waals surface area contributed by atoms with E-state index in [9.17, 15) is 18.3 Å². The molecule has 2 atom stereocenters. The van der Waals surface area contributed by atoms with Crippen LogP contribution in [0.5, 0.6) is 0 Å². The van der Waals surface area contributed by atoms with E-state index in [0.29, 0.717) is 30.2 Å². The summed E-state index contributed by atoms with van der Waals surface area (Å²) in [6.45, 7) is 4.10. The highest BCUT2D eigenvalue weighted by molar-refractivity contribution is 7.14. The smallest absolute Gasteiger partial charge is 0.389 e. The largest absolute Gasteiger partial charge is 0.389 e. The summed E-state index contributed by atoms with van der Waals surface area (Å²) >= 11 is 1.31. The van der Waals surface area contributed by atoms with Gasteiger partial charge in [0.25, 0.3) is 0 Å². The molecule has 0 fully saturated rings. The van der Waals surface area contributed by atoms with E-state index in [-0.39, 0.29) is 12.1 Å². The number of aromatic nitrogens is 1. The lowest BCUT2D eigenvalue weighted by atomic mass is 9.81. The van der Waals surface area contributed by atoms with Crippen LogP contribution in [0.2, 0.25) is 0 Å². The van der Waals surface area contributed by atoms with Gasteiger partial charge in [0.2, 0.25) is 0 Å². The monoisotopic (exact) mass is 413 g/mol. The van der Waals surface area contributed by atoms with Gasteiger partial charge in [0.15, 0.2) is 0 Å². The van der Waals surface area contributed by atoms with Crippen molar-refractivity contribution in [2.75, 3.05) is 6.61 Å². The molecular formula is C19H22F3N3O2S. The van der Waals surface area contributed by atoms with Crippen molar-refractivity contribution in [3.63, 3.8) is 0 Å². The van der Waals surface area contributed by atoms with E-state index in [1.807, 2.05) is 19.1 Å². The SMILES string of the molecule is CC(O)C1=CC=C2c3nc(C(CCC(F)(F)F)=NC=N)sc3CCOC2(C)C1. The maximum atomic E-state index is 12.6. The Labute approximate surface area is 165 Å². The lowest BCUT2D eigenvalue weighted by Crippen LogP contribution is -2.34. The van der Waals surface area contributed by atoms with Crippen LogP contribution in [-0.4, -0.2) is 46.6 Å². The summed E-state index contributed by atoms with van der Waals surface area (Å²) in [5.74, 6) is 0. The number of aliphatic hydroxyl groups is 1. The molecular weight excluding hydrogens is 391 g/mol. The lowest BCUT2D eigenvalue weighted by Gasteiger charge is -2.34. The van der Waals surface area contributed by atoms with Crippen LogP contribution < -0.4 is 0 Å². The third-order valence-electron chi connectivity index (χ3n) is 4.93. The van der Waals surface area contributed by atoms with Crippen LogP contribution in [0.4, 0.5) is 13.2 Å². The van der Waals surface area contributed by atoms with Crippen LogP contribution >= 0.6 is 11.3 Å². The number of allylic oxidation sites excluding steroid dienone is 2. The predicted molar refractivity (Wildman–Crippen MR) is 103 cm³/mol. The third-order valence-corrected chi connectivity index (χ3v) is 6.09. The van der Waals surface area contributed by atoms with Crippen LogP contribution in [0.25, 0.3) is 5.57 Å². The molecule has 152 valence electrons. The number of fused-ring (bicyclic) bond motifs is 3. The van der Waals surface area contributed by atoms with E-state index in [1.54, 1.807) is 6.92 Å². The molecule has 0 amide bonds. The first-order valence-electron chi connectivity index (χ1n) is 8.99.